The third-order valence-corrected chi connectivity index (χ3v) is 7.18. The summed E-state index contributed by atoms with van der Waals surface area (Å²) >= 11 is 1.70. The van der Waals surface area contributed by atoms with Crippen LogP contribution in [0, 0.1) is 5.92 Å². The van der Waals surface area contributed by atoms with Gasteiger partial charge in [-0.25, -0.2) is 0 Å². The zero-order valence-corrected chi connectivity index (χ0v) is 19.6. The lowest BCUT2D eigenvalue weighted by atomic mass is 9.90. The molecule has 0 bridgehead atoms. The average molecular weight is 453 g/mol. The van der Waals surface area contributed by atoms with Crippen LogP contribution >= 0.6 is 11.8 Å². The van der Waals surface area contributed by atoms with Crippen molar-refractivity contribution in [3.8, 4) is 11.6 Å². The Morgan fingerprint density at radius 1 is 1.09 bits per heavy atom. The predicted molar refractivity (Wildman–Crippen MR) is 127 cm³/mol. The molecule has 2 aromatic heterocycles. The fraction of sp³-hybridized carbons (Fsp3) is 0.480. The normalized spacial score (nSPS) is 14.7. The SMILES string of the molecule is CCn1c(SCCCCC(=O)N2CCC(Cc3ccccc3)CC2)nnc1-c1ccco1. The Hall–Kier alpha value is -2.54. The second-order valence-electron chi connectivity index (χ2n) is 8.35. The first-order valence-electron chi connectivity index (χ1n) is 11.7. The number of nitrogens with zero attached hydrogens (tertiary/aromatic N) is 4. The lowest BCUT2D eigenvalue weighted by molar-refractivity contribution is -0.132. The summed E-state index contributed by atoms with van der Waals surface area (Å²) in [7, 11) is 0. The van der Waals surface area contributed by atoms with Gasteiger partial charge in [0.2, 0.25) is 5.91 Å². The summed E-state index contributed by atoms with van der Waals surface area (Å²) in [5.74, 6) is 3.45. The van der Waals surface area contributed by atoms with Crippen LogP contribution in [-0.4, -0.2) is 44.4 Å². The first-order chi connectivity index (χ1) is 15.7. The minimum Gasteiger partial charge on any atom is -0.461 e. The van der Waals surface area contributed by atoms with Crippen molar-refractivity contribution in [2.24, 2.45) is 5.92 Å². The van der Waals surface area contributed by atoms with E-state index in [4.69, 9.17) is 4.42 Å². The van der Waals surface area contributed by atoms with Gasteiger partial charge >= 0.3 is 0 Å². The predicted octanol–water partition coefficient (Wildman–Crippen LogP) is 5.30. The van der Waals surface area contributed by atoms with E-state index in [1.165, 1.54) is 5.56 Å². The second kappa shape index (κ2) is 11.4. The molecule has 32 heavy (non-hydrogen) atoms. The van der Waals surface area contributed by atoms with Crippen LogP contribution in [0.4, 0.5) is 0 Å². The first kappa shape index (κ1) is 22.6. The van der Waals surface area contributed by atoms with Crippen LogP contribution in [0.2, 0.25) is 0 Å². The van der Waals surface area contributed by atoms with E-state index in [1.807, 2.05) is 12.1 Å². The van der Waals surface area contributed by atoms with Gasteiger partial charge in [-0.1, -0.05) is 42.1 Å². The largest absolute Gasteiger partial charge is 0.461 e. The molecule has 1 saturated heterocycles. The summed E-state index contributed by atoms with van der Waals surface area (Å²) in [6, 6.07) is 14.5. The molecular weight excluding hydrogens is 420 g/mol. The highest BCUT2D eigenvalue weighted by atomic mass is 32.2. The number of carbonyl (C=O) groups excluding carboxylic acids is 1. The summed E-state index contributed by atoms with van der Waals surface area (Å²) in [6.45, 7) is 4.69. The van der Waals surface area contributed by atoms with Crippen molar-refractivity contribution in [1.29, 1.82) is 0 Å². The van der Waals surface area contributed by atoms with Crippen LogP contribution in [-0.2, 0) is 17.8 Å². The molecule has 1 amide bonds. The van der Waals surface area contributed by atoms with Gasteiger partial charge in [-0.2, -0.15) is 0 Å². The lowest BCUT2D eigenvalue weighted by Crippen LogP contribution is -2.38. The third kappa shape index (κ3) is 5.82. The number of unbranched alkanes of at least 4 members (excludes halogenated alkanes) is 1. The minimum absolute atomic E-state index is 0.310. The molecular formula is C25H32N4O2S. The molecule has 170 valence electrons. The highest BCUT2D eigenvalue weighted by molar-refractivity contribution is 7.99. The molecule has 7 heteroatoms. The van der Waals surface area contributed by atoms with Crippen LogP contribution in [0.3, 0.4) is 0 Å². The van der Waals surface area contributed by atoms with E-state index in [1.54, 1.807) is 18.0 Å². The van der Waals surface area contributed by atoms with Gasteiger partial charge < -0.3 is 9.32 Å². The fourth-order valence-electron chi connectivity index (χ4n) is 4.30. The van der Waals surface area contributed by atoms with Gasteiger partial charge in [-0.3, -0.25) is 9.36 Å². The van der Waals surface area contributed by atoms with Crippen molar-refractivity contribution in [1.82, 2.24) is 19.7 Å². The molecule has 1 aliphatic rings. The third-order valence-electron chi connectivity index (χ3n) is 6.13. The van der Waals surface area contributed by atoms with Crippen LogP contribution < -0.4 is 0 Å². The number of hydrogen-bond acceptors (Lipinski definition) is 5. The minimum atomic E-state index is 0.310. The summed E-state index contributed by atoms with van der Waals surface area (Å²) in [5, 5.41) is 9.52. The number of piperidine rings is 1. The Kier molecular flexibility index (Phi) is 8.04. The second-order valence-corrected chi connectivity index (χ2v) is 9.41. The number of hydrogen-bond donors (Lipinski definition) is 0. The molecule has 1 aliphatic heterocycles. The van der Waals surface area contributed by atoms with E-state index in [9.17, 15) is 4.79 Å². The van der Waals surface area contributed by atoms with Crippen LogP contribution in [0.25, 0.3) is 11.6 Å². The topological polar surface area (TPSA) is 64.2 Å². The Bertz CT molecular complexity index is 963. The molecule has 4 rings (SSSR count). The Balaban J connectivity index is 1.14. The number of aromatic nitrogens is 3. The van der Waals surface area contributed by atoms with Crippen LogP contribution in [0.1, 0.15) is 44.6 Å². The molecule has 0 saturated carbocycles. The zero-order chi connectivity index (χ0) is 22.2. The van der Waals surface area contributed by atoms with Crippen molar-refractivity contribution >= 4 is 17.7 Å². The van der Waals surface area contributed by atoms with E-state index >= 15 is 0 Å². The number of rotatable bonds is 10. The van der Waals surface area contributed by atoms with Crippen molar-refractivity contribution in [3.05, 3.63) is 54.3 Å². The molecule has 0 unspecified atom stereocenters. The first-order valence-corrected chi connectivity index (χ1v) is 12.6. The summed E-state index contributed by atoms with van der Waals surface area (Å²) < 4.78 is 7.54. The number of thioether (sulfide) groups is 1. The van der Waals surface area contributed by atoms with Gasteiger partial charge in [0.1, 0.15) is 0 Å². The Labute approximate surface area is 194 Å². The molecule has 6 nitrogen and oxygen atoms in total. The molecule has 0 N–H and O–H groups in total. The molecule has 0 atom stereocenters. The maximum absolute atomic E-state index is 12.6. The fourth-order valence-corrected chi connectivity index (χ4v) is 5.30. The zero-order valence-electron chi connectivity index (χ0n) is 18.8. The Morgan fingerprint density at radius 2 is 1.91 bits per heavy atom. The lowest BCUT2D eigenvalue weighted by Gasteiger charge is -2.32. The molecule has 1 fully saturated rings. The monoisotopic (exact) mass is 452 g/mol. The summed E-state index contributed by atoms with van der Waals surface area (Å²) in [6.07, 6.45) is 7.56. The molecule has 1 aromatic carbocycles. The van der Waals surface area contributed by atoms with Crippen molar-refractivity contribution in [2.45, 2.75) is 57.1 Å². The van der Waals surface area contributed by atoms with Gasteiger partial charge in [0.25, 0.3) is 0 Å². The van der Waals surface area contributed by atoms with E-state index in [0.29, 0.717) is 18.2 Å². The quantitative estimate of drug-likeness (QED) is 0.308. The van der Waals surface area contributed by atoms with Gasteiger partial charge in [0.15, 0.2) is 16.7 Å². The van der Waals surface area contributed by atoms with E-state index in [2.05, 4.69) is 56.9 Å². The number of amides is 1. The smallest absolute Gasteiger partial charge is 0.222 e. The number of furan rings is 1. The van der Waals surface area contributed by atoms with Crippen LogP contribution in [0.5, 0.6) is 0 Å². The molecule has 3 heterocycles. The molecule has 3 aromatic rings. The highest BCUT2D eigenvalue weighted by Gasteiger charge is 2.22. The van der Waals surface area contributed by atoms with Gasteiger partial charge in [-0.15, -0.1) is 10.2 Å². The number of carbonyl (C=O) groups is 1. The van der Waals surface area contributed by atoms with Gasteiger partial charge in [0, 0.05) is 31.8 Å². The van der Waals surface area contributed by atoms with Crippen molar-refractivity contribution in [3.63, 3.8) is 0 Å². The van der Waals surface area contributed by atoms with E-state index in [0.717, 1.165) is 74.2 Å². The van der Waals surface area contributed by atoms with Crippen molar-refractivity contribution in [2.75, 3.05) is 18.8 Å². The highest BCUT2D eigenvalue weighted by Crippen LogP contribution is 2.25. The maximum Gasteiger partial charge on any atom is 0.222 e. The van der Waals surface area contributed by atoms with Gasteiger partial charge in [-0.05, 0) is 62.6 Å². The number of likely N-dealkylation sites (tertiary alicyclic amines) is 1. The number of benzene rings is 1. The van der Waals surface area contributed by atoms with E-state index < -0.39 is 0 Å². The molecule has 0 aliphatic carbocycles. The summed E-state index contributed by atoms with van der Waals surface area (Å²) in [5.41, 5.74) is 1.41. The van der Waals surface area contributed by atoms with E-state index in [-0.39, 0.29) is 0 Å². The summed E-state index contributed by atoms with van der Waals surface area (Å²) in [4.78, 5) is 14.7. The van der Waals surface area contributed by atoms with Crippen molar-refractivity contribution < 1.29 is 9.21 Å². The maximum atomic E-state index is 12.6. The standard InChI is InChI=1S/C25H32N4O2S/c1-2-29-24(22-11-8-17-31-22)26-27-25(29)32-18-7-6-12-23(30)28-15-13-21(14-16-28)19-20-9-4-3-5-10-20/h3-5,8-11,17,21H,2,6-7,12-16,18-19H2,1H3. The Morgan fingerprint density at radius 3 is 2.62 bits per heavy atom. The van der Waals surface area contributed by atoms with Gasteiger partial charge in [0.05, 0.1) is 6.26 Å². The van der Waals surface area contributed by atoms with Crippen LogP contribution in [0.15, 0.2) is 58.3 Å². The molecule has 0 spiro atoms. The molecule has 0 radical (unpaired) electrons. The average Bonchev–Trinajstić information content (AvgIpc) is 3.49.